The van der Waals surface area contributed by atoms with Crippen LogP contribution >= 0.6 is 0 Å². The number of hydrogen-bond donors (Lipinski definition) is 2. The predicted octanol–water partition coefficient (Wildman–Crippen LogP) is 3.42. The second-order valence-electron chi connectivity index (χ2n) is 6.82. The molecule has 0 aliphatic heterocycles. The number of amides is 1. The molecule has 158 valence electrons. The number of halogens is 1. The molecule has 8 heteroatoms. The largest absolute Gasteiger partial charge is 0.325 e. The van der Waals surface area contributed by atoms with E-state index in [1.54, 1.807) is 48.5 Å². The molecule has 3 rings (SSSR count). The molecule has 1 atom stereocenters. The summed E-state index contributed by atoms with van der Waals surface area (Å²) in [4.78, 5) is 12.4. The van der Waals surface area contributed by atoms with Crippen molar-refractivity contribution in [3.8, 4) is 6.07 Å². The molecule has 3 aromatic carbocycles. The van der Waals surface area contributed by atoms with Gasteiger partial charge in [0.1, 0.15) is 16.8 Å². The Morgan fingerprint density at radius 3 is 2.23 bits per heavy atom. The van der Waals surface area contributed by atoms with E-state index in [0.717, 1.165) is 23.3 Å². The van der Waals surface area contributed by atoms with Gasteiger partial charge >= 0.3 is 0 Å². The maximum atomic E-state index is 14.1. The van der Waals surface area contributed by atoms with Gasteiger partial charge in [0.25, 0.3) is 0 Å². The summed E-state index contributed by atoms with van der Waals surface area (Å²) >= 11 is 0. The first-order valence-corrected chi connectivity index (χ1v) is 10.9. The maximum Gasteiger partial charge on any atom is 0.244 e. The van der Waals surface area contributed by atoms with Gasteiger partial charge in [0, 0.05) is 5.69 Å². The summed E-state index contributed by atoms with van der Waals surface area (Å²) in [6.07, 6.45) is 0.320. The zero-order chi connectivity index (χ0) is 22.3. The van der Waals surface area contributed by atoms with E-state index in [-0.39, 0.29) is 12.8 Å². The number of nitriles is 1. The van der Waals surface area contributed by atoms with Gasteiger partial charge < -0.3 is 5.32 Å². The predicted molar refractivity (Wildman–Crippen MR) is 115 cm³/mol. The standard InChI is InChI=1S/C23H20FN3O3S/c24-20-8-4-5-9-22(20)31(29,30)27-21(16-18-6-2-1-3-7-18)23(28)26-19-12-10-17(11-13-19)14-15-25/h1-13,21,27H,14,16H2,(H,26,28). The van der Waals surface area contributed by atoms with Gasteiger partial charge in [-0.15, -0.1) is 0 Å². The third-order valence-electron chi connectivity index (χ3n) is 4.53. The van der Waals surface area contributed by atoms with Crippen LogP contribution in [0.2, 0.25) is 0 Å². The van der Waals surface area contributed by atoms with Crippen LogP contribution in [0, 0.1) is 17.1 Å². The molecule has 0 aliphatic carbocycles. The molecule has 1 unspecified atom stereocenters. The zero-order valence-corrected chi connectivity index (χ0v) is 17.3. The first-order valence-electron chi connectivity index (χ1n) is 9.46. The van der Waals surface area contributed by atoms with Crippen LogP contribution in [0.3, 0.4) is 0 Å². The van der Waals surface area contributed by atoms with Crippen molar-refractivity contribution in [1.29, 1.82) is 5.26 Å². The van der Waals surface area contributed by atoms with E-state index in [9.17, 15) is 17.6 Å². The van der Waals surface area contributed by atoms with Crippen molar-refractivity contribution < 1.29 is 17.6 Å². The summed E-state index contributed by atoms with van der Waals surface area (Å²) in [5, 5.41) is 11.4. The number of rotatable bonds is 8. The normalized spacial score (nSPS) is 12.0. The number of carbonyl (C=O) groups excluding carboxylic acids is 1. The molecule has 0 saturated carbocycles. The van der Waals surface area contributed by atoms with E-state index < -0.39 is 32.7 Å². The molecule has 2 N–H and O–H groups in total. The number of nitrogens with one attached hydrogen (secondary N) is 2. The molecule has 31 heavy (non-hydrogen) atoms. The molecule has 3 aromatic rings. The van der Waals surface area contributed by atoms with Crippen molar-refractivity contribution in [3.05, 3.63) is 95.8 Å². The third kappa shape index (κ3) is 5.98. The van der Waals surface area contributed by atoms with Gasteiger partial charge in [-0.25, -0.2) is 12.8 Å². The van der Waals surface area contributed by atoms with Crippen LogP contribution in [0.25, 0.3) is 0 Å². The van der Waals surface area contributed by atoms with Crippen LogP contribution in [0.5, 0.6) is 0 Å². The molecule has 0 radical (unpaired) electrons. The first-order chi connectivity index (χ1) is 14.9. The lowest BCUT2D eigenvalue weighted by Crippen LogP contribution is -2.45. The highest BCUT2D eigenvalue weighted by atomic mass is 32.2. The minimum atomic E-state index is -4.28. The van der Waals surface area contributed by atoms with Crippen LogP contribution in [0.1, 0.15) is 11.1 Å². The van der Waals surface area contributed by atoms with Crippen LogP contribution in [-0.2, 0) is 27.7 Å². The monoisotopic (exact) mass is 437 g/mol. The fourth-order valence-corrected chi connectivity index (χ4v) is 4.25. The van der Waals surface area contributed by atoms with Gasteiger partial charge in [-0.3, -0.25) is 4.79 Å². The lowest BCUT2D eigenvalue weighted by atomic mass is 10.1. The van der Waals surface area contributed by atoms with Crippen LogP contribution in [-0.4, -0.2) is 20.4 Å². The van der Waals surface area contributed by atoms with Crippen molar-refractivity contribution in [2.45, 2.75) is 23.8 Å². The number of nitrogens with zero attached hydrogens (tertiary/aromatic N) is 1. The summed E-state index contributed by atoms with van der Waals surface area (Å²) in [5.74, 6) is -1.49. The highest BCUT2D eigenvalue weighted by Crippen LogP contribution is 2.16. The van der Waals surface area contributed by atoms with Gasteiger partial charge in [0.15, 0.2) is 0 Å². The molecule has 0 aliphatic rings. The Morgan fingerprint density at radius 2 is 1.58 bits per heavy atom. The fraction of sp³-hybridized carbons (Fsp3) is 0.130. The van der Waals surface area contributed by atoms with Crippen molar-refractivity contribution in [2.75, 3.05) is 5.32 Å². The molecule has 0 heterocycles. The Morgan fingerprint density at radius 1 is 0.935 bits per heavy atom. The van der Waals surface area contributed by atoms with E-state index in [1.165, 1.54) is 12.1 Å². The quantitative estimate of drug-likeness (QED) is 0.564. The second kappa shape index (κ2) is 9.98. The number of sulfonamides is 1. The molecule has 0 saturated heterocycles. The van der Waals surface area contributed by atoms with Crippen molar-refractivity contribution in [2.24, 2.45) is 0 Å². The number of hydrogen-bond acceptors (Lipinski definition) is 4. The SMILES string of the molecule is N#CCc1ccc(NC(=O)C(Cc2ccccc2)NS(=O)(=O)c2ccccc2F)cc1. The summed E-state index contributed by atoms with van der Waals surface area (Å²) in [7, 11) is -4.28. The summed E-state index contributed by atoms with van der Waals surface area (Å²) in [6.45, 7) is 0. The molecule has 0 fully saturated rings. The number of carbonyl (C=O) groups is 1. The van der Waals surface area contributed by atoms with E-state index >= 15 is 0 Å². The van der Waals surface area contributed by atoms with Gasteiger partial charge in [0.05, 0.1) is 12.5 Å². The molecule has 6 nitrogen and oxygen atoms in total. The van der Waals surface area contributed by atoms with Crippen LogP contribution in [0.15, 0.2) is 83.8 Å². The van der Waals surface area contributed by atoms with E-state index in [0.29, 0.717) is 5.69 Å². The maximum absolute atomic E-state index is 14.1. The van der Waals surface area contributed by atoms with Crippen molar-refractivity contribution in [1.82, 2.24) is 4.72 Å². The topological polar surface area (TPSA) is 99.1 Å². The van der Waals surface area contributed by atoms with E-state index in [2.05, 4.69) is 10.0 Å². The third-order valence-corrected chi connectivity index (χ3v) is 6.03. The molecule has 0 aromatic heterocycles. The summed E-state index contributed by atoms with van der Waals surface area (Å²) < 4.78 is 41.9. The minimum Gasteiger partial charge on any atom is -0.325 e. The smallest absolute Gasteiger partial charge is 0.244 e. The van der Waals surface area contributed by atoms with Gasteiger partial charge in [-0.1, -0.05) is 54.6 Å². The molecular weight excluding hydrogens is 417 g/mol. The Hall–Kier alpha value is -3.54. The molecule has 1 amide bonds. The lowest BCUT2D eigenvalue weighted by Gasteiger charge is -2.19. The molecule has 0 spiro atoms. The Kier molecular flexibility index (Phi) is 7.13. The Balaban J connectivity index is 1.84. The Labute approximate surface area is 180 Å². The zero-order valence-electron chi connectivity index (χ0n) is 16.5. The van der Waals surface area contributed by atoms with E-state index in [1.807, 2.05) is 12.1 Å². The number of benzene rings is 3. The van der Waals surface area contributed by atoms with Crippen molar-refractivity contribution in [3.63, 3.8) is 0 Å². The average molecular weight is 437 g/mol. The molecular formula is C23H20FN3O3S. The summed E-state index contributed by atoms with van der Waals surface area (Å²) in [5.41, 5.74) is 1.99. The summed E-state index contributed by atoms with van der Waals surface area (Å²) in [6, 6.07) is 21.4. The van der Waals surface area contributed by atoms with Crippen LogP contribution < -0.4 is 10.0 Å². The highest BCUT2D eigenvalue weighted by molar-refractivity contribution is 7.89. The van der Waals surface area contributed by atoms with Crippen LogP contribution in [0.4, 0.5) is 10.1 Å². The molecule has 0 bridgehead atoms. The first kappa shape index (κ1) is 22.2. The fourth-order valence-electron chi connectivity index (χ4n) is 2.98. The highest BCUT2D eigenvalue weighted by Gasteiger charge is 2.28. The minimum absolute atomic E-state index is 0.0763. The van der Waals surface area contributed by atoms with Gasteiger partial charge in [0.2, 0.25) is 15.9 Å². The van der Waals surface area contributed by atoms with E-state index in [4.69, 9.17) is 5.26 Å². The average Bonchev–Trinajstić information content (AvgIpc) is 2.75. The number of anilines is 1. The van der Waals surface area contributed by atoms with Gasteiger partial charge in [-0.05, 0) is 41.8 Å². The van der Waals surface area contributed by atoms with Gasteiger partial charge in [-0.2, -0.15) is 9.98 Å². The Bertz CT molecular complexity index is 1190. The lowest BCUT2D eigenvalue weighted by molar-refractivity contribution is -0.117. The van der Waals surface area contributed by atoms with Crippen molar-refractivity contribution >= 4 is 21.6 Å². The second-order valence-corrected chi connectivity index (χ2v) is 8.50.